The Balaban J connectivity index is 0.00000233. The quantitative estimate of drug-likeness (QED) is 0.277. The van der Waals surface area contributed by atoms with Crippen LogP contribution in [-0.4, -0.2) is 23.4 Å². The number of aliphatic hydroxyl groups is 2. The lowest BCUT2D eigenvalue weighted by molar-refractivity contribution is 0.147. The predicted octanol–water partition coefficient (Wildman–Crippen LogP) is 8.08. The number of hydrogen-bond donors (Lipinski definition) is 2. The summed E-state index contributed by atoms with van der Waals surface area (Å²) in [5, 5.41) is 18.4. The summed E-state index contributed by atoms with van der Waals surface area (Å²) in [4.78, 5) is 5.56. The van der Waals surface area contributed by atoms with Crippen LogP contribution >= 0.6 is 22.7 Å². The highest BCUT2D eigenvalue weighted by atomic mass is 32.1. The largest absolute Gasteiger partial charge is 0.396 e. The van der Waals surface area contributed by atoms with Gasteiger partial charge in [0.25, 0.3) is 0 Å². The molecule has 0 aromatic carbocycles. The molecule has 31 heavy (non-hydrogen) atoms. The van der Waals surface area contributed by atoms with Gasteiger partial charge in [0, 0.05) is 32.7 Å². The summed E-state index contributed by atoms with van der Waals surface area (Å²) in [5.41, 5.74) is 0.0563. The Labute approximate surface area is 199 Å². The van der Waals surface area contributed by atoms with Crippen molar-refractivity contribution in [1.82, 2.24) is 0 Å². The van der Waals surface area contributed by atoms with Crippen LogP contribution in [0.5, 0.6) is 0 Å². The van der Waals surface area contributed by atoms with Crippen molar-refractivity contribution >= 4 is 34.8 Å². The van der Waals surface area contributed by atoms with Crippen LogP contribution in [0.15, 0.2) is 24.3 Å². The summed E-state index contributed by atoms with van der Waals surface area (Å²) < 4.78 is 0. The zero-order valence-electron chi connectivity index (χ0n) is 20.3. The number of unbranched alkanes of at least 4 members (excludes halogenated alkanes) is 2. The minimum absolute atomic E-state index is 0.0563. The Hall–Kier alpha value is -0.940. The first-order valence-electron chi connectivity index (χ1n) is 12.0. The van der Waals surface area contributed by atoms with Gasteiger partial charge in [0.2, 0.25) is 0 Å². The third-order valence-electron chi connectivity index (χ3n) is 5.41. The fourth-order valence-corrected chi connectivity index (χ4v) is 5.18. The van der Waals surface area contributed by atoms with Crippen LogP contribution in [0.1, 0.15) is 92.7 Å². The van der Waals surface area contributed by atoms with E-state index >= 15 is 0 Å². The van der Waals surface area contributed by atoms with Crippen molar-refractivity contribution in [3.63, 3.8) is 0 Å². The van der Waals surface area contributed by atoms with E-state index in [1.165, 1.54) is 45.2 Å². The maximum absolute atomic E-state index is 9.34. The Morgan fingerprint density at radius 2 is 1.35 bits per heavy atom. The summed E-state index contributed by atoms with van der Waals surface area (Å²) >= 11 is 3.79. The molecule has 0 spiro atoms. The number of hydrogen-bond acceptors (Lipinski definition) is 4. The Kier molecular flexibility index (Phi) is 14.3. The molecule has 0 bridgehead atoms. The van der Waals surface area contributed by atoms with Gasteiger partial charge >= 0.3 is 0 Å². The second-order valence-electron chi connectivity index (χ2n) is 9.00. The van der Waals surface area contributed by atoms with Crippen LogP contribution in [0.25, 0.3) is 12.2 Å². The standard InChI is InChI=1S/C25H38O2S2.C2H6/c1-20(18-26)8-4-5-9-21-11-13-23(28-21)15-16-24-14-12-22(29-24)10-6-7-17-25(2,3)19-27;1-2/h11-16,20,26-27H,4-10,17-19H2,1-3H3;1-2H3/b16-15-;. The highest BCUT2D eigenvalue weighted by Crippen LogP contribution is 2.26. The lowest BCUT2D eigenvalue weighted by Crippen LogP contribution is -2.16. The molecular formula is C27H44O2S2. The lowest BCUT2D eigenvalue weighted by Gasteiger charge is -2.20. The molecule has 0 saturated carbocycles. The van der Waals surface area contributed by atoms with Crippen molar-refractivity contribution in [2.45, 2.75) is 86.0 Å². The van der Waals surface area contributed by atoms with Gasteiger partial charge in [0.15, 0.2) is 0 Å². The molecule has 2 aromatic rings. The molecule has 2 heterocycles. The Bertz CT molecular complexity index is 727. The van der Waals surface area contributed by atoms with Gasteiger partial charge in [-0.1, -0.05) is 47.5 Å². The molecule has 4 heteroatoms. The average Bonchev–Trinajstić information content (AvgIpc) is 3.43. The number of aliphatic hydroxyl groups excluding tert-OH is 2. The molecule has 2 aromatic heterocycles. The van der Waals surface area contributed by atoms with Gasteiger partial charge in [-0.15, -0.1) is 22.7 Å². The summed E-state index contributed by atoms with van der Waals surface area (Å²) in [6.07, 6.45) is 13.7. The smallest absolute Gasteiger partial charge is 0.0482 e. The molecule has 0 aliphatic carbocycles. The fraction of sp³-hybridized carbons (Fsp3) is 0.630. The van der Waals surface area contributed by atoms with Crippen LogP contribution < -0.4 is 0 Å². The van der Waals surface area contributed by atoms with E-state index in [-0.39, 0.29) is 12.0 Å². The Morgan fingerprint density at radius 1 is 0.839 bits per heavy atom. The molecular weight excluding hydrogens is 420 g/mol. The topological polar surface area (TPSA) is 40.5 Å². The van der Waals surface area contributed by atoms with E-state index in [0.717, 1.165) is 25.7 Å². The Morgan fingerprint density at radius 3 is 1.84 bits per heavy atom. The second-order valence-corrected chi connectivity index (χ2v) is 11.4. The van der Waals surface area contributed by atoms with Gasteiger partial charge in [-0.3, -0.25) is 0 Å². The van der Waals surface area contributed by atoms with Crippen LogP contribution in [0, 0.1) is 11.3 Å². The van der Waals surface area contributed by atoms with E-state index < -0.39 is 0 Å². The van der Waals surface area contributed by atoms with Gasteiger partial charge in [0.1, 0.15) is 0 Å². The van der Waals surface area contributed by atoms with Crippen molar-refractivity contribution in [2.75, 3.05) is 13.2 Å². The van der Waals surface area contributed by atoms with Gasteiger partial charge in [-0.25, -0.2) is 0 Å². The lowest BCUT2D eigenvalue weighted by atomic mass is 9.88. The van der Waals surface area contributed by atoms with E-state index in [1.54, 1.807) is 0 Å². The molecule has 0 saturated heterocycles. The SMILES string of the molecule is CC.CC(CO)CCCCc1ccc(/C=C\c2ccc(CCCCC(C)(C)CO)s2)s1. The van der Waals surface area contributed by atoms with Gasteiger partial charge < -0.3 is 10.2 Å². The van der Waals surface area contributed by atoms with Crippen molar-refractivity contribution < 1.29 is 10.2 Å². The zero-order valence-corrected chi connectivity index (χ0v) is 22.0. The maximum atomic E-state index is 9.34. The molecule has 0 aliphatic heterocycles. The van der Waals surface area contributed by atoms with Gasteiger partial charge in [-0.05, 0) is 86.3 Å². The predicted molar refractivity (Wildman–Crippen MR) is 141 cm³/mol. The first-order valence-corrected chi connectivity index (χ1v) is 13.6. The molecule has 176 valence electrons. The third kappa shape index (κ3) is 12.0. The summed E-state index contributed by atoms with van der Waals surface area (Å²) in [7, 11) is 0. The van der Waals surface area contributed by atoms with Crippen molar-refractivity contribution in [2.24, 2.45) is 11.3 Å². The normalized spacial score (nSPS) is 12.7. The fourth-order valence-electron chi connectivity index (χ4n) is 3.27. The number of aryl methyl sites for hydroxylation is 2. The zero-order chi connectivity index (χ0) is 23.1. The summed E-state index contributed by atoms with van der Waals surface area (Å²) in [6.45, 7) is 11.0. The summed E-state index contributed by atoms with van der Waals surface area (Å²) in [5.74, 6) is 0.430. The molecule has 1 unspecified atom stereocenters. The molecule has 0 fully saturated rings. The maximum Gasteiger partial charge on any atom is 0.0482 e. The average molecular weight is 465 g/mol. The molecule has 2 N–H and O–H groups in total. The van der Waals surface area contributed by atoms with Crippen LogP contribution in [0.4, 0.5) is 0 Å². The van der Waals surface area contributed by atoms with Crippen LogP contribution in [0.2, 0.25) is 0 Å². The third-order valence-corrected chi connectivity index (χ3v) is 7.63. The van der Waals surface area contributed by atoms with Gasteiger partial charge in [-0.2, -0.15) is 0 Å². The first kappa shape index (κ1) is 28.1. The van der Waals surface area contributed by atoms with Crippen LogP contribution in [-0.2, 0) is 12.8 Å². The monoisotopic (exact) mass is 464 g/mol. The number of thiophene rings is 2. The second kappa shape index (κ2) is 15.8. The molecule has 0 amide bonds. The molecule has 0 aliphatic rings. The van der Waals surface area contributed by atoms with Crippen molar-refractivity contribution in [3.8, 4) is 0 Å². The van der Waals surface area contributed by atoms with E-state index in [1.807, 2.05) is 36.5 Å². The van der Waals surface area contributed by atoms with Gasteiger partial charge in [0.05, 0.1) is 0 Å². The molecule has 1 atom stereocenters. The minimum atomic E-state index is 0.0563. The number of rotatable bonds is 14. The molecule has 2 nitrogen and oxygen atoms in total. The molecule has 2 rings (SSSR count). The first-order chi connectivity index (χ1) is 14.9. The summed E-state index contributed by atoms with van der Waals surface area (Å²) in [6, 6.07) is 8.97. The van der Waals surface area contributed by atoms with Crippen molar-refractivity contribution in [3.05, 3.63) is 43.8 Å². The van der Waals surface area contributed by atoms with E-state index in [4.69, 9.17) is 5.11 Å². The van der Waals surface area contributed by atoms with E-state index in [0.29, 0.717) is 12.5 Å². The van der Waals surface area contributed by atoms with E-state index in [9.17, 15) is 5.11 Å². The highest BCUT2D eigenvalue weighted by Gasteiger charge is 2.15. The molecule has 0 radical (unpaired) electrons. The van der Waals surface area contributed by atoms with Crippen molar-refractivity contribution in [1.29, 1.82) is 0 Å². The van der Waals surface area contributed by atoms with E-state index in [2.05, 4.69) is 57.2 Å². The highest BCUT2D eigenvalue weighted by molar-refractivity contribution is 7.13. The van der Waals surface area contributed by atoms with Crippen LogP contribution in [0.3, 0.4) is 0 Å². The minimum Gasteiger partial charge on any atom is -0.396 e.